The molecule has 0 rings (SSSR count). The molecule has 8 heteroatoms. The largest absolute Gasteiger partial charge is 0.477 e. The second-order valence-electron chi connectivity index (χ2n) is 16.0. The van der Waals surface area contributed by atoms with Crippen LogP contribution < -0.4 is 0 Å². The van der Waals surface area contributed by atoms with E-state index in [9.17, 15) is 19.5 Å². The molecule has 0 radical (unpaired) electrons. The molecule has 2 atom stereocenters. The number of carbonyl (C=O) groups excluding carboxylic acids is 2. The maximum Gasteiger partial charge on any atom is 0.362 e. The maximum atomic E-state index is 12.8. The van der Waals surface area contributed by atoms with Crippen molar-refractivity contribution in [3.05, 3.63) is 122 Å². The number of nitrogens with zero attached hydrogens (tertiary/aromatic N) is 1. The van der Waals surface area contributed by atoms with Crippen LogP contribution in [0, 0.1) is 0 Å². The van der Waals surface area contributed by atoms with Gasteiger partial charge in [0.2, 0.25) is 0 Å². The number of unbranched alkanes of at least 4 members (excludes halogenated alkanes) is 9. The number of ether oxygens (including phenoxy) is 3. The Balaban J connectivity index is 4.48. The van der Waals surface area contributed by atoms with Gasteiger partial charge in [0, 0.05) is 19.3 Å². The molecule has 8 nitrogen and oxygen atoms in total. The molecule has 2 unspecified atom stereocenters. The Kier molecular flexibility index (Phi) is 39.5. The maximum absolute atomic E-state index is 12.8. The highest BCUT2D eigenvalue weighted by Crippen LogP contribution is 2.12. The van der Waals surface area contributed by atoms with E-state index in [0.717, 1.165) is 96.3 Å². The Bertz CT molecular complexity index is 1400. The van der Waals surface area contributed by atoms with Gasteiger partial charge in [-0.1, -0.05) is 167 Å². The number of carbonyl (C=O) groups is 3. The van der Waals surface area contributed by atoms with Crippen molar-refractivity contribution in [1.82, 2.24) is 0 Å². The summed E-state index contributed by atoms with van der Waals surface area (Å²) in [5, 5.41) is 9.63. The van der Waals surface area contributed by atoms with Gasteiger partial charge in [0.1, 0.15) is 6.61 Å². The van der Waals surface area contributed by atoms with Gasteiger partial charge >= 0.3 is 17.9 Å². The molecule has 0 spiro atoms. The average molecular weight is 847 g/mol. The Morgan fingerprint density at radius 1 is 0.525 bits per heavy atom. The lowest BCUT2D eigenvalue weighted by Crippen LogP contribution is -2.50. The number of likely N-dealkylation sites (N-methyl/N-ethyl adjacent to an activating group) is 1. The SMILES string of the molecule is CC/C=C/C/C=C/C/C=C/C/C=C/C/C=C/CCCCCC(=O)OC(COCCC(C(=O)O)[N+](C)(C)C)COC(=O)CCCCCCC/C=C/C=C/C=C/C=C/C=C/CCC. The Labute approximate surface area is 371 Å². The molecule has 342 valence electrons. The third-order valence-electron chi connectivity index (χ3n) is 9.45. The van der Waals surface area contributed by atoms with Crippen LogP contribution in [0.1, 0.15) is 142 Å². The minimum absolute atomic E-state index is 0.0296. The van der Waals surface area contributed by atoms with Gasteiger partial charge in [0.05, 0.1) is 34.4 Å². The van der Waals surface area contributed by atoms with Gasteiger partial charge < -0.3 is 23.8 Å². The quantitative estimate of drug-likeness (QED) is 0.0216. The summed E-state index contributed by atoms with van der Waals surface area (Å²) in [6.45, 7) is 4.44. The first kappa shape index (κ1) is 56.7. The van der Waals surface area contributed by atoms with Crippen LogP contribution in [-0.2, 0) is 28.6 Å². The van der Waals surface area contributed by atoms with Gasteiger partial charge in [0.25, 0.3) is 0 Å². The predicted molar refractivity (Wildman–Crippen MR) is 256 cm³/mol. The first-order valence-electron chi connectivity index (χ1n) is 23.1. The number of carboxylic acids is 1. The topological polar surface area (TPSA) is 99.1 Å². The number of carboxylic acid groups (broad SMARTS) is 1. The number of rotatable bonds is 39. The van der Waals surface area contributed by atoms with E-state index in [4.69, 9.17) is 14.2 Å². The van der Waals surface area contributed by atoms with E-state index in [1.807, 2.05) is 57.6 Å². The number of quaternary nitrogens is 1. The van der Waals surface area contributed by atoms with Gasteiger partial charge in [-0.25, -0.2) is 4.79 Å². The van der Waals surface area contributed by atoms with Gasteiger partial charge in [-0.3, -0.25) is 9.59 Å². The van der Waals surface area contributed by atoms with Crippen LogP contribution in [0.25, 0.3) is 0 Å². The third-order valence-corrected chi connectivity index (χ3v) is 9.45. The molecule has 0 heterocycles. The number of hydrogen-bond donors (Lipinski definition) is 1. The third kappa shape index (κ3) is 40.9. The molecule has 0 amide bonds. The molecule has 0 saturated heterocycles. The minimum Gasteiger partial charge on any atom is -0.477 e. The highest BCUT2D eigenvalue weighted by atomic mass is 16.6. The number of allylic oxidation sites excluding steroid dienone is 20. The van der Waals surface area contributed by atoms with Crippen molar-refractivity contribution in [2.45, 2.75) is 154 Å². The van der Waals surface area contributed by atoms with Gasteiger partial charge in [-0.2, -0.15) is 0 Å². The van der Waals surface area contributed by atoms with Crippen LogP contribution >= 0.6 is 0 Å². The van der Waals surface area contributed by atoms with Crippen LogP contribution in [0.5, 0.6) is 0 Å². The molecule has 0 aliphatic rings. The standard InChI is InChI=1S/C53H83NO7/c1-6-8-10-12-14-16-18-20-22-24-26-28-30-32-34-36-38-40-42-44-52(56)61-49(47-59-46-45-50(53(57)58)54(3,4)5)48-60-51(55)43-41-39-37-35-33-31-29-27-25-23-21-19-17-15-13-11-9-7-2/h8,10-11,13-17,19-23,25-29,32,34,49-50H,6-7,9,12,18,24,30-31,33,35-48H2,1-5H3/p+1/b10-8+,13-11+,16-14+,17-15+,21-19+,22-20+,25-23+,28-26+,29-27+,34-32+. The summed E-state index contributed by atoms with van der Waals surface area (Å²) < 4.78 is 17.2. The number of hydrogen-bond acceptors (Lipinski definition) is 6. The van der Waals surface area contributed by atoms with Crippen LogP contribution in [0.15, 0.2) is 122 Å². The van der Waals surface area contributed by atoms with Crippen molar-refractivity contribution < 1.29 is 38.2 Å². The summed E-state index contributed by atoms with van der Waals surface area (Å²) in [5.41, 5.74) is 0. The van der Waals surface area contributed by atoms with Crippen LogP contribution in [0.2, 0.25) is 0 Å². The second kappa shape index (κ2) is 42.4. The van der Waals surface area contributed by atoms with Crippen LogP contribution in [0.4, 0.5) is 0 Å². The fourth-order valence-corrected chi connectivity index (χ4v) is 5.91. The van der Waals surface area contributed by atoms with Gasteiger partial charge in [-0.05, 0) is 77.0 Å². The minimum atomic E-state index is -0.891. The Morgan fingerprint density at radius 3 is 1.52 bits per heavy atom. The average Bonchev–Trinajstić information content (AvgIpc) is 3.22. The molecular weight excluding hydrogens is 763 g/mol. The summed E-state index contributed by atoms with van der Waals surface area (Å²) >= 11 is 0. The van der Waals surface area contributed by atoms with Crippen molar-refractivity contribution in [3.63, 3.8) is 0 Å². The molecule has 0 aliphatic carbocycles. The van der Waals surface area contributed by atoms with E-state index in [1.54, 1.807) is 0 Å². The fraction of sp³-hybridized carbons (Fsp3) is 0.566. The normalized spacial score (nSPS) is 14.0. The van der Waals surface area contributed by atoms with Crippen molar-refractivity contribution in [2.75, 3.05) is 41.0 Å². The van der Waals surface area contributed by atoms with E-state index < -0.39 is 18.1 Å². The summed E-state index contributed by atoms with van der Waals surface area (Å²) in [4.78, 5) is 37.1. The van der Waals surface area contributed by atoms with Crippen LogP contribution in [0.3, 0.4) is 0 Å². The Morgan fingerprint density at radius 2 is 0.984 bits per heavy atom. The number of esters is 2. The summed E-state index contributed by atoms with van der Waals surface area (Å²) in [7, 11) is 5.49. The molecule has 0 aromatic carbocycles. The van der Waals surface area contributed by atoms with E-state index in [2.05, 4.69) is 98.9 Å². The molecule has 0 aromatic heterocycles. The van der Waals surface area contributed by atoms with Gasteiger partial charge in [0.15, 0.2) is 12.1 Å². The molecule has 0 aromatic rings. The van der Waals surface area contributed by atoms with Gasteiger partial charge in [-0.15, -0.1) is 0 Å². The molecule has 0 saturated carbocycles. The first-order valence-corrected chi connectivity index (χ1v) is 23.1. The molecule has 61 heavy (non-hydrogen) atoms. The number of aliphatic carboxylic acids is 1. The van der Waals surface area contributed by atoms with E-state index in [1.165, 1.54) is 6.42 Å². The Hall–Kier alpha value is -4.27. The lowest BCUT2D eigenvalue weighted by molar-refractivity contribution is -0.887. The summed E-state index contributed by atoms with van der Waals surface area (Å²) in [6, 6.07) is -0.634. The second-order valence-corrected chi connectivity index (χ2v) is 16.0. The zero-order chi connectivity index (χ0) is 44.9. The summed E-state index contributed by atoms with van der Waals surface area (Å²) in [5.74, 6) is -1.56. The molecular formula is C53H84NO7+. The van der Waals surface area contributed by atoms with Crippen molar-refractivity contribution in [3.8, 4) is 0 Å². The van der Waals surface area contributed by atoms with Crippen molar-refractivity contribution in [1.29, 1.82) is 0 Å². The van der Waals surface area contributed by atoms with Crippen molar-refractivity contribution >= 4 is 17.9 Å². The van der Waals surface area contributed by atoms with E-state index in [-0.39, 0.29) is 42.7 Å². The molecule has 0 aliphatic heterocycles. The smallest absolute Gasteiger partial charge is 0.362 e. The van der Waals surface area contributed by atoms with E-state index >= 15 is 0 Å². The zero-order valence-corrected chi connectivity index (χ0v) is 38.8. The van der Waals surface area contributed by atoms with Crippen molar-refractivity contribution in [2.24, 2.45) is 0 Å². The van der Waals surface area contributed by atoms with E-state index in [0.29, 0.717) is 19.3 Å². The summed E-state index contributed by atoms with van der Waals surface area (Å²) in [6.07, 6.45) is 59.5. The predicted octanol–water partition coefficient (Wildman–Crippen LogP) is 13.0. The molecule has 0 fully saturated rings. The lowest BCUT2D eigenvalue weighted by Gasteiger charge is -2.31. The molecule has 0 bridgehead atoms. The highest BCUT2D eigenvalue weighted by Gasteiger charge is 2.31. The fourth-order valence-electron chi connectivity index (χ4n) is 5.91. The van der Waals surface area contributed by atoms with Crippen LogP contribution in [-0.4, -0.2) is 80.6 Å². The first-order chi connectivity index (χ1) is 29.6. The molecule has 1 N–H and O–H groups in total. The monoisotopic (exact) mass is 847 g/mol. The zero-order valence-electron chi connectivity index (χ0n) is 38.8. The highest BCUT2D eigenvalue weighted by molar-refractivity contribution is 5.72. The lowest BCUT2D eigenvalue weighted by atomic mass is 10.1.